The van der Waals surface area contributed by atoms with E-state index >= 15 is 0 Å². The normalized spacial score (nSPS) is 12.5. The van der Waals surface area contributed by atoms with Crippen LogP contribution < -0.4 is 5.32 Å². The number of halogens is 3. The highest BCUT2D eigenvalue weighted by atomic mass is 19.4. The quantitative estimate of drug-likeness (QED) is 0.387. The van der Waals surface area contributed by atoms with E-state index in [1.54, 1.807) is 17.7 Å². The van der Waals surface area contributed by atoms with Crippen molar-refractivity contribution in [3.63, 3.8) is 0 Å². The average Bonchev–Trinajstić information content (AvgIpc) is 3.22. The molecule has 0 saturated carbocycles. The first-order valence-electron chi connectivity index (χ1n) is 10.5. The fourth-order valence-electron chi connectivity index (χ4n) is 3.63. The molecule has 1 atom stereocenters. The largest absolute Gasteiger partial charge is 0.416 e. The van der Waals surface area contributed by atoms with Crippen molar-refractivity contribution >= 4 is 28.4 Å². The second-order valence-corrected chi connectivity index (χ2v) is 7.96. The van der Waals surface area contributed by atoms with Crippen LogP contribution in [-0.2, 0) is 17.4 Å². The monoisotopic (exact) mass is 483 g/mol. The van der Waals surface area contributed by atoms with Crippen molar-refractivity contribution in [2.75, 3.05) is 11.9 Å². The second-order valence-electron chi connectivity index (χ2n) is 7.96. The number of rotatable bonds is 7. The number of carbonyl (C=O) groups is 2. The van der Waals surface area contributed by atoms with Crippen molar-refractivity contribution in [1.82, 2.24) is 19.5 Å². The number of alkyl halides is 3. The number of nitrogens with one attached hydrogen (secondary N) is 1. The van der Waals surface area contributed by atoms with Gasteiger partial charge in [-0.15, -0.1) is 0 Å². The zero-order valence-corrected chi connectivity index (χ0v) is 18.5. The molecule has 2 N–H and O–H groups in total. The number of aliphatic hydroxyl groups is 1. The Balaban J connectivity index is 1.55. The van der Waals surface area contributed by atoms with Gasteiger partial charge >= 0.3 is 6.18 Å². The molecule has 4 rings (SSSR count). The summed E-state index contributed by atoms with van der Waals surface area (Å²) < 4.78 is 40.4. The Bertz CT molecular complexity index is 1400. The summed E-state index contributed by atoms with van der Waals surface area (Å²) in [6.07, 6.45) is 2.32. The predicted molar refractivity (Wildman–Crippen MR) is 121 cm³/mol. The van der Waals surface area contributed by atoms with Gasteiger partial charge < -0.3 is 15.0 Å². The van der Waals surface area contributed by atoms with Crippen LogP contribution in [-0.4, -0.2) is 42.9 Å². The number of aromatic nitrogens is 4. The lowest BCUT2D eigenvalue weighted by Gasteiger charge is -2.10. The molecule has 11 heteroatoms. The number of anilines is 1. The number of pyridine rings is 1. The van der Waals surface area contributed by atoms with Gasteiger partial charge in [0.2, 0.25) is 5.91 Å². The van der Waals surface area contributed by atoms with Crippen LogP contribution in [0.3, 0.4) is 0 Å². The maximum Gasteiger partial charge on any atom is 0.416 e. The van der Waals surface area contributed by atoms with E-state index < -0.39 is 23.4 Å². The molecule has 8 nitrogen and oxygen atoms in total. The van der Waals surface area contributed by atoms with Crippen molar-refractivity contribution in [3.8, 4) is 0 Å². The first kappa shape index (κ1) is 24.0. The van der Waals surface area contributed by atoms with Crippen LogP contribution in [0, 0.1) is 0 Å². The van der Waals surface area contributed by atoms with Crippen LogP contribution in [0.25, 0.3) is 11.0 Å². The van der Waals surface area contributed by atoms with Gasteiger partial charge in [-0.05, 0) is 24.6 Å². The van der Waals surface area contributed by atoms with Crippen LogP contribution in [0.5, 0.6) is 0 Å². The SMILES string of the molecule is C[C@@H](CO)n1cc(C(=O)c2cncc(NC(=O)Cc3cccc(C(F)(F)F)c3)c2)c2cncnc21. The number of carbonyl (C=O) groups excluding carboxylic acids is 2. The lowest BCUT2D eigenvalue weighted by molar-refractivity contribution is -0.137. The van der Waals surface area contributed by atoms with Gasteiger partial charge in [0, 0.05) is 29.5 Å². The van der Waals surface area contributed by atoms with Crippen molar-refractivity contribution < 1.29 is 27.9 Å². The second kappa shape index (κ2) is 9.63. The highest BCUT2D eigenvalue weighted by molar-refractivity contribution is 6.16. The van der Waals surface area contributed by atoms with E-state index in [-0.39, 0.29) is 35.9 Å². The molecule has 0 bridgehead atoms. The van der Waals surface area contributed by atoms with Gasteiger partial charge in [-0.25, -0.2) is 9.97 Å². The van der Waals surface area contributed by atoms with E-state index in [1.807, 2.05) is 0 Å². The number of hydrogen-bond donors (Lipinski definition) is 2. The first-order valence-corrected chi connectivity index (χ1v) is 10.5. The number of aliphatic hydroxyl groups excluding tert-OH is 1. The Morgan fingerprint density at radius 1 is 1.14 bits per heavy atom. The maximum atomic E-state index is 13.3. The molecule has 0 fully saturated rings. The van der Waals surface area contributed by atoms with E-state index in [2.05, 4.69) is 20.3 Å². The number of ketones is 1. The predicted octanol–water partition coefficient (Wildman–Crippen LogP) is 3.81. The summed E-state index contributed by atoms with van der Waals surface area (Å²) in [4.78, 5) is 37.9. The molecule has 0 spiro atoms. The summed E-state index contributed by atoms with van der Waals surface area (Å²) in [6, 6.07) is 5.63. The minimum Gasteiger partial charge on any atom is -0.394 e. The Morgan fingerprint density at radius 3 is 2.69 bits per heavy atom. The lowest BCUT2D eigenvalue weighted by atomic mass is 10.1. The number of hydrogen-bond acceptors (Lipinski definition) is 6. The van der Waals surface area contributed by atoms with Crippen LogP contribution in [0.4, 0.5) is 18.9 Å². The molecule has 0 aliphatic heterocycles. The molecule has 1 amide bonds. The summed E-state index contributed by atoms with van der Waals surface area (Å²) in [6.45, 7) is 1.62. The van der Waals surface area contributed by atoms with E-state index in [4.69, 9.17) is 0 Å². The molecule has 0 aliphatic carbocycles. The molecule has 0 unspecified atom stereocenters. The van der Waals surface area contributed by atoms with Crippen LogP contribution >= 0.6 is 0 Å². The summed E-state index contributed by atoms with van der Waals surface area (Å²) in [5, 5.41) is 12.6. The molecular weight excluding hydrogens is 463 g/mol. The number of nitrogens with zero attached hydrogens (tertiary/aromatic N) is 4. The molecule has 3 aromatic heterocycles. The van der Waals surface area contributed by atoms with Gasteiger partial charge in [-0.1, -0.05) is 18.2 Å². The Hall–Kier alpha value is -4.12. The van der Waals surface area contributed by atoms with Gasteiger partial charge in [-0.2, -0.15) is 13.2 Å². The van der Waals surface area contributed by atoms with Crippen LogP contribution in [0.15, 0.2) is 61.4 Å². The number of fused-ring (bicyclic) bond motifs is 1. The smallest absolute Gasteiger partial charge is 0.394 e. The zero-order valence-electron chi connectivity index (χ0n) is 18.5. The summed E-state index contributed by atoms with van der Waals surface area (Å²) in [5.41, 5.74) is 0.551. The average molecular weight is 483 g/mol. The molecule has 4 aromatic rings. The van der Waals surface area contributed by atoms with Crippen LogP contribution in [0.1, 0.15) is 40.0 Å². The minimum absolute atomic E-state index is 0.156. The molecule has 3 heterocycles. The third kappa shape index (κ3) is 5.19. The van der Waals surface area contributed by atoms with Crippen molar-refractivity contribution in [1.29, 1.82) is 0 Å². The Labute approximate surface area is 197 Å². The summed E-state index contributed by atoms with van der Waals surface area (Å²) in [5.74, 6) is -0.951. The third-order valence-electron chi connectivity index (χ3n) is 5.38. The van der Waals surface area contributed by atoms with Crippen LogP contribution in [0.2, 0.25) is 0 Å². The van der Waals surface area contributed by atoms with Gasteiger partial charge in [0.1, 0.15) is 12.0 Å². The van der Waals surface area contributed by atoms with E-state index in [9.17, 15) is 27.9 Å². The fourth-order valence-corrected chi connectivity index (χ4v) is 3.63. The van der Waals surface area contributed by atoms with E-state index in [0.717, 1.165) is 12.1 Å². The molecule has 1 aromatic carbocycles. The van der Waals surface area contributed by atoms with Gasteiger partial charge in [-0.3, -0.25) is 14.6 Å². The molecule has 180 valence electrons. The highest BCUT2D eigenvalue weighted by Crippen LogP contribution is 2.30. The van der Waals surface area contributed by atoms with Gasteiger partial charge in [0.15, 0.2) is 5.78 Å². The molecule has 0 saturated heterocycles. The first-order chi connectivity index (χ1) is 16.7. The van der Waals surface area contributed by atoms with Crippen molar-refractivity contribution in [3.05, 3.63) is 83.7 Å². The van der Waals surface area contributed by atoms with E-state index in [1.165, 1.54) is 43.1 Å². The van der Waals surface area contributed by atoms with Gasteiger partial charge in [0.05, 0.1) is 42.1 Å². The van der Waals surface area contributed by atoms with Crippen molar-refractivity contribution in [2.45, 2.75) is 25.6 Å². The van der Waals surface area contributed by atoms with Gasteiger partial charge in [0.25, 0.3) is 0 Å². The Morgan fingerprint density at radius 2 is 1.94 bits per heavy atom. The topological polar surface area (TPSA) is 110 Å². The van der Waals surface area contributed by atoms with Crippen molar-refractivity contribution in [2.24, 2.45) is 0 Å². The summed E-state index contributed by atoms with van der Waals surface area (Å²) >= 11 is 0. The molecule has 0 aliphatic rings. The number of benzene rings is 1. The third-order valence-corrected chi connectivity index (χ3v) is 5.38. The Kier molecular flexibility index (Phi) is 6.61. The molecule has 0 radical (unpaired) electrons. The highest BCUT2D eigenvalue weighted by Gasteiger charge is 2.30. The maximum absolute atomic E-state index is 13.3. The number of amides is 1. The fraction of sp³-hybridized carbons (Fsp3) is 0.208. The lowest BCUT2D eigenvalue weighted by Crippen LogP contribution is -2.16. The molecular formula is C24H20F3N5O3. The summed E-state index contributed by atoms with van der Waals surface area (Å²) in [7, 11) is 0. The zero-order chi connectivity index (χ0) is 25.2. The standard InChI is InChI=1S/C24H20F3N5O3/c1-14(12-33)32-11-20(19-10-29-13-30-23(19)32)22(35)16-7-18(9-28-8-16)31-21(34)6-15-3-2-4-17(5-15)24(25,26)27/h2-5,7-11,13-14,33H,6,12H2,1H3,(H,31,34)/t14-/m0/s1. The minimum atomic E-state index is -4.51. The molecule has 35 heavy (non-hydrogen) atoms. The van der Waals surface area contributed by atoms with E-state index in [0.29, 0.717) is 16.6 Å².